The molecule has 1 aliphatic rings. The van der Waals surface area contributed by atoms with Gasteiger partial charge >= 0.3 is 0 Å². The molecule has 2 heterocycles. The van der Waals surface area contributed by atoms with Gasteiger partial charge in [0.05, 0.1) is 0 Å². The van der Waals surface area contributed by atoms with Gasteiger partial charge < -0.3 is 10.2 Å². The van der Waals surface area contributed by atoms with Crippen LogP contribution in [0.2, 0.25) is 0 Å². The highest BCUT2D eigenvalue weighted by Crippen LogP contribution is 2.23. The molecule has 1 N–H and O–H groups in total. The van der Waals surface area contributed by atoms with Crippen LogP contribution in [0.15, 0.2) is 61.3 Å². The maximum atomic E-state index is 14.0. The van der Waals surface area contributed by atoms with E-state index in [1.54, 1.807) is 42.6 Å². The molecule has 30 heavy (non-hydrogen) atoms. The molecule has 1 aliphatic heterocycles. The van der Waals surface area contributed by atoms with Gasteiger partial charge in [0.1, 0.15) is 17.2 Å². The smallest absolute Gasteiger partial charge is 0.253 e. The molecule has 1 atom stereocenters. The average Bonchev–Trinajstić information content (AvgIpc) is 3.23. The predicted octanol–water partition coefficient (Wildman–Crippen LogP) is 3.60. The Labute approximate surface area is 173 Å². The van der Waals surface area contributed by atoms with E-state index in [1.165, 1.54) is 12.1 Å². The van der Waals surface area contributed by atoms with Crippen LogP contribution in [-0.2, 0) is 11.2 Å². The Balaban J connectivity index is 1.39. The quantitative estimate of drug-likeness (QED) is 0.660. The number of nitrogens with one attached hydrogen (secondary N) is 1. The van der Waals surface area contributed by atoms with E-state index in [0.29, 0.717) is 47.5 Å². The minimum Gasteiger partial charge on any atom is -0.338 e. The molecule has 0 radical (unpaired) electrons. The Morgan fingerprint density at radius 2 is 2.03 bits per heavy atom. The molecule has 0 unspecified atom stereocenters. The van der Waals surface area contributed by atoms with Crippen molar-refractivity contribution in [3.05, 3.63) is 78.5 Å². The maximum absolute atomic E-state index is 14.0. The Bertz CT molecular complexity index is 1110. The number of benzene rings is 2. The first-order chi connectivity index (χ1) is 14.5. The minimum absolute atomic E-state index is 0.0513. The van der Waals surface area contributed by atoms with E-state index in [-0.39, 0.29) is 23.5 Å². The number of para-hydroxylation sites is 1. The molecule has 6 nitrogen and oxygen atoms in total. The molecule has 1 saturated heterocycles. The molecule has 0 spiro atoms. The molecular formula is C23H21FN4O2. The molecule has 0 saturated carbocycles. The summed E-state index contributed by atoms with van der Waals surface area (Å²) in [5.41, 5.74) is 1.50. The number of carbonyl (C=O) groups excluding carboxylic acids is 2. The van der Waals surface area contributed by atoms with Crippen molar-refractivity contribution in [3.63, 3.8) is 0 Å². The van der Waals surface area contributed by atoms with Gasteiger partial charge in [-0.25, -0.2) is 14.4 Å². The first-order valence-electron chi connectivity index (χ1n) is 9.76. The van der Waals surface area contributed by atoms with Gasteiger partial charge in [-0.3, -0.25) is 9.59 Å². The SMILES string of the molecule is C=CC(=O)Nc1ccc(C(=O)N2CC[C@@H](Cc3ncc4cccc(F)c4n3)C2)cc1. The lowest BCUT2D eigenvalue weighted by Gasteiger charge is -2.17. The van der Waals surface area contributed by atoms with Crippen LogP contribution < -0.4 is 5.32 Å². The van der Waals surface area contributed by atoms with Gasteiger partial charge in [-0.05, 0) is 48.7 Å². The molecule has 2 amide bonds. The number of nitrogens with zero attached hydrogens (tertiary/aromatic N) is 3. The van der Waals surface area contributed by atoms with Crippen LogP contribution in [0.1, 0.15) is 22.6 Å². The van der Waals surface area contributed by atoms with Crippen molar-refractivity contribution in [2.75, 3.05) is 18.4 Å². The summed E-state index contributed by atoms with van der Waals surface area (Å²) in [7, 11) is 0. The number of carbonyl (C=O) groups is 2. The lowest BCUT2D eigenvalue weighted by Crippen LogP contribution is -2.29. The van der Waals surface area contributed by atoms with Gasteiger partial charge in [0.15, 0.2) is 0 Å². The molecular weight excluding hydrogens is 383 g/mol. The van der Waals surface area contributed by atoms with Gasteiger partial charge in [0.25, 0.3) is 5.91 Å². The highest BCUT2D eigenvalue weighted by molar-refractivity contribution is 5.99. The van der Waals surface area contributed by atoms with Gasteiger partial charge in [-0.2, -0.15) is 0 Å². The van der Waals surface area contributed by atoms with Crippen LogP contribution in [-0.4, -0.2) is 39.8 Å². The molecule has 2 aromatic carbocycles. The summed E-state index contributed by atoms with van der Waals surface area (Å²) in [5, 5.41) is 3.33. The van der Waals surface area contributed by atoms with Crippen molar-refractivity contribution in [1.82, 2.24) is 14.9 Å². The van der Waals surface area contributed by atoms with Crippen LogP contribution in [0, 0.1) is 11.7 Å². The van der Waals surface area contributed by atoms with Crippen molar-refractivity contribution < 1.29 is 14.0 Å². The zero-order valence-electron chi connectivity index (χ0n) is 16.3. The topological polar surface area (TPSA) is 75.2 Å². The third-order valence-corrected chi connectivity index (χ3v) is 5.24. The van der Waals surface area contributed by atoms with E-state index >= 15 is 0 Å². The number of halogens is 1. The average molecular weight is 404 g/mol. The van der Waals surface area contributed by atoms with Crippen molar-refractivity contribution in [1.29, 1.82) is 0 Å². The summed E-state index contributed by atoms with van der Waals surface area (Å²) in [6.07, 6.45) is 4.28. The third-order valence-electron chi connectivity index (χ3n) is 5.24. The van der Waals surface area contributed by atoms with E-state index in [9.17, 15) is 14.0 Å². The van der Waals surface area contributed by atoms with Gasteiger partial charge in [0, 0.05) is 42.3 Å². The first-order valence-corrected chi connectivity index (χ1v) is 9.76. The Hall–Kier alpha value is -3.61. The van der Waals surface area contributed by atoms with Gasteiger partial charge in [-0.1, -0.05) is 18.7 Å². The summed E-state index contributed by atoms with van der Waals surface area (Å²) < 4.78 is 14.0. The van der Waals surface area contributed by atoms with Crippen molar-refractivity contribution in [3.8, 4) is 0 Å². The highest BCUT2D eigenvalue weighted by atomic mass is 19.1. The first kappa shape index (κ1) is 19.7. The van der Waals surface area contributed by atoms with Crippen LogP contribution in [0.5, 0.6) is 0 Å². The number of anilines is 1. The molecule has 3 aromatic rings. The minimum atomic E-state index is -0.355. The third kappa shape index (κ3) is 4.20. The van der Waals surface area contributed by atoms with E-state index in [0.717, 1.165) is 6.42 Å². The fourth-order valence-electron chi connectivity index (χ4n) is 3.67. The Kier molecular flexibility index (Phi) is 5.52. The van der Waals surface area contributed by atoms with Crippen LogP contribution in [0.3, 0.4) is 0 Å². The second-order valence-electron chi connectivity index (χ2n) is 7.34. The predicted molar refractivity (Wildman–Crippen MR) is 112 cm³/mol. The number of aromatic nitrogens is 2. The van der Waals surface area contributed by atoms with Gasteiger partial charge in [0.2, 0.25) is 5.91 Å². The van der Waals surface area contributed by atoms with Crippen LogP contribution in [0.25, 0.3) is 10.9 Å². The molecule has 0 aliphatic carbocycles. The van der Waals surface area contributed by atoms with Crippen molar-refractivity contribution in [2.45, 2.75) is 12.8 Å². The number of likely N-dealkylation sites (tertiary alicyclic amines) is 1. The molecule has 152 valence electrons. The highest BCUT2D eigenvalue weighted by Gasteiger charge is 2.27. The number of fused-ring (bicyclic) bond motifs is 1. The molecule has 1 aromatic heterocycles. The monoisotopic (exact) mass is 404 g/mol. The van der Waals surface area contributed by atoms with E-state index in [2.05, 4.69) is 21.9 Å². The molecule has 1 fully saturated rings. The summed E-state index contributed by atoms with van der Waals surface area (Å²) in [5.74, 6) is 0.113. The van der Waals surface area contributed by atoms with Crippen LogP contribution in [0.4, 0.5) is 10.1 Å². The number of rotatable bonds is 5. The van der Waals surface area contributed by atoms with E-state index < -0.39 is 0 Å². The molecule has 0 bridgehead atoms. The normalized spacial score (nSPS) is 15.9. The molecule has 4 rings (SSSR count). The lowest BCUT2D eigenvalue weighted by atomic mass is 10.0. The number of amides is 2. The summed E-state index contributed by atoms with van der Waals surface area (Å²) in [6, 6.07) is 11.6. The fraction of sp³-hybridized carbons (Fsp3) is 0.217. The lowest BCUT2D eigenvalue weighted by molar-refractivity contribution is -0.111. The van der Waals surface area contributed by atoms with E-state index in [1.807, 2.05) is 4.90 Å². The number of hydrogen-bond donors (Lipinski definition) is 1. The Morgan fingerprint density at radius 3 is 2.80 bits per heavy atom. The zero-order chi connectivity index (χ0) is 21.1. The van der Waals surface area contributed by atoms with Crippen LogP contribution >= 0.6 is 0 Å². The maximum Gasteiger partial charge on any atom is 0.253 e. The number of hydrogen-bond acceptors (Lipinski definition) is 4. The second-order valence-corrected chi connectivity index (χ2v) is 7.34. The second kappa shape index (κ2) is 8.41. The molecule has 7 heteroatoms. The largest absolute Gasteiger partial charge is 0.338 e. The summed E-state index contributed by atoms with van der Waals surface area (Å²) in [6.45, 7) is 4.67. The fourth-order valence-corrected chi connectivity index (χ4v) is 3.67. The van der Waals surface area contributed by atoms with E-state index in [4.69, 9.17) is 0 Å². The summed E-state index contributed by atoms with van der Waals surface area (Å²) >= 11 is 0. The summed E-state index contributed by atoms with van der Waals surface area (Å²) in [4.78, 5) is 34.7. The van der Waals surface area contributed by atoms with Crippen molar-refractivity contribution >= 4 is 28.4 Å². The zero-order valence-corrected chi connectivity index (χ0v) is 16.3. The van der Waals surface area contributed by atoms with Crippen molar-refractivity contribution in [2.24, 2.45) is 5.92 Å². The standard InChI is InChI=1S/C23H21FN4O2/c1-2-21(29)26-18-8-6-16(7-9-18)23(30)28-11-10-15(14-28)12-20-25-13-17-4-3-5-19(24)22(17)27-20/h2-9,13,15H,1,10-12,14H2,(H,26,29)/t15-/m0/s1. The Morgan fingerprint density at radius 1 is 1.23 bits per heavy atom. The van der Waals surface area contributed by atoms with Gasteiger partial charge in [-0.15, -0.1) is 0 Å².